The molecule has 0 radical (unpaired) electrons. The van der Waals surface area contributed by atoms with Gasteiger partial charge < -0.3 is 9.64 Å². The number of ether oxygens (including phenoxy) is 1. The van der Waals surface area contributed by atoms with E-state index in [4.69, 9.17) is 4.74 Å². The lowest BCUT2D eigenvalue weighted by atomic mass is 10.1. The fourth-order valence-electron chi connectivity index (χ4n) is 4.08. The molecule has 0 saturated carbocycles. The van der Waals surface area contributed by atoms with Crippen LogP contribution in [0.15, 0.2) is 30.3 Å². The highest BCUT2D eigenvalue weighted by molar-refractivity contribution is 5.87. The molecule has 5 heteroatoms. The monoisotopic (exact) mass is 358 g/mol. The van der Waals surface area contributed by atoms with E-state index in [0.717, 1.165) is 31.4 Å². The zero-order valence-electron chi connectivity index (χ0n) is 16.3. The number of hydrogen-bond acceptors (Lipinski definition) is 3. The molecule has 1 aromatic rings. The van der Waals surface area contributed by atoms with Crippen LogP contribution >= 0.6 is 0 Å². The van der Waals surface area contributed by atoms with Crippen molar-refractivity contribution >= 4 is 12.0 Å². The quantitative estimate of drug-likeness (QED) is 0.798. The zero-order chi connectivity index (χ0) is 18.9. The summed E-state index contributed by atoms with van der Waals surface area (Å²) in [6.45, 7) is 8.45. The number of carbonyl (C=O) groups excluding carboxylic acids is 2. The first kappa shape index (κ1) is 18.7. The van der Waals surface area contributed by atoms with Crippen LogP contribution in [0.25, 0.3) is 0 Å². The minimum Gasteiger partial charge on any atom is -0.444 e. The predicted molar refractivity (Wildman–Crippen MR) is 101 cm³/mol. The normalized spacial score (nSPS) is 26.2. The molecule has 3 atom stereocenters. The van der Waals surface area contributed by atoms with Crippen LogP contribution in [0.5, 0.6) is 0 Å². The minimum atomic E-state index is -0.588. The average molecular weight is 358 g/mol. The van der Waals surface area contributed by atoms with Gasteiger partial charge in [0.05, 0.1) is 6.04 Å². The molecule has 0 N–H and O–H groups in total. The van der Waals surface area contributed by atoms with E-state index in [9.17, 15) is 9.59 Å². The maximum atomic E-state index is 13.2. The van der Waals surface area contributed by atoms with Crippen molar-refractivity contribution in [3.63, 3.8) is 0 Å². The summed E-state index contributed by atoms with van der Waals surface area (Å²) in [5.74, 6) is 0.0688. The van der Waals surface area contributed by atoms with E-state index in [2.05, 4.69) is 6.92 Å². The van der Waals surface area contributed by atoms with Crippen molar-refractivity contribution in [1.82, 2.24) is 9.80 Å². The molecule has 5 nitrogen and oxygen atoms in total. The second-order valence-corrected chi connectivity index (χ2v) is 8.43. The smallest absolute Gasteiger partial charge is 0.411 e. The van der Waals surface area contributed by atoms with E-state index in [1.54, 1.807) is 4.90 Å². The maximum Gasteiger partial charge on any atom is 0.411 e. The first-order valence-electron chi connectivity index (χ1n) is 9.64. The minimum absolute atomic E-state index is 0.0688. The zero-order valence-corrected chi connectivity index (χ0v) is 16.3. The van der Waals surface area contributed by atoms with Crippen LogP contribution in [0.1, 0.15) is 65.0 Å². The Hall–Kier alpha value is -2.04. The second kappa shape index (κ2) is 7.29. The fourth-order valence-corrected chi connectivity index (χ4v) is 4.08. The van der Waals surface area contributed by atoms with Gasteiger partial charge in [-0.05, 0) is 58.9 Å². The van der Waals surface area contributed by atoms with Crippen molar-refractivity contribution in [2.24, 2.45) is 0 Å². The number of likely N-dealkylation sites (tertiary alicyclic amines) is 2. The van der Waals surface area contributed by atoms with Gasteiger partial charge >= 0.3 is 6.09 Å². The van der Waals surface area contributed by atoms with Gasteiger partial charge in [-0.15, -0.1) is 0 Å². The van der Waals surface area contributed by atoms with Gasteiger partial charge in [0.1, 0.15) is 11.6 Å². The third-order valence-corrected chi connectivity index (χ3v) is 5.29. The lowest BCUT2D eigenvalue weighted by molar-refractivity contribution is -0.137. The summed E-state index contributed by atoms with van der Waals surface area (Å²) in [5.41, 5.74) is 0.471. The van der Waals surface area contributed by atoms with Gasteiger partial charge in [-0.2, -0.15) is 0 Å². The Kier molecular flexibility index (Phi) is 5.26. The number of hydrogen-bond donors (Lipinski definition) is 0. The SMILES string of the molecule is C[C@@H]1CCCN1C(=O)[C@@H]1CC[C@H](c2ccccc2)N1C(=O)OC(C)(C)C. The summed E-state index contributed by atoms with van der Waals surface area (Å²) in [7, 11) is 0. The molecule has 2 aliphatic heterocycles. The van der Waals surface area contributed by atoms with Crippen LogP contribution in [-0.4, -0.2) is 46.0 Å². The van der Waals surface area contributed by atoms with E-state index < -0.39 is 17.7 Å². The number of carbonyl (C=O) groups is 2. The molecule has 2 fully saturated rings. The molecule has 142 valence electrons. The Bertz CT molecular complexity index is 653. The lowest BCUT2D eigenvalue weighted by Gasteiger charge is -2.34. The van der Waals surface area contributed by atoms with Crippen molar-refractivity contribution in [1.29, 1.82) is 0 Å². The molecule has 1 aromatic carbocycles. The summed E-state index contributed by atoms with van der Waals surface area (Å²) in [5, 5.41) is 0. The van der Waals surface area contributed by atoms with Gasteiger partial charge in [-0.3, -0.25) is 9.69 Å². The predicted octanol–water partition coefficient (Wildman–Crippen LogP) is 4.14. The van der Waals surface area contributed by atoms with Crippen LogP contribution in [0, 0.1) is 0 Å². The van der Waals surface area contributed by atoms with Crippen molar-refractivity contribution < 1.29 is 14.3 Å². The molecule has 0 aliphatic carbocycles. The first-order valence-corrected chi connectivity index (χ1v) is 9.64. The van der Waals surface area contributed by atoms with Crippen LogP contribution < -0.4 is 0 Å². The topological polar surface area (TPSA) is 49.9 Å². The Balaban J connectivity index is 1.88. The number of benzene rings is 1. The summed E-state index contributed by atoms with van der Waals surface area (Å²) in [6, 6.07) is 9.65. The Morgan fingerprint density at radius 3 is 2.35 bits per heavy atom. The molecular weight excluding hydrogens is 328 g/mol. The maximum absolute atomic E-state index is 13.2. The van der Waals surface area contributed by atoms with Gasteiger partial charge in [0.25, 0.3) is 0 Å². The lowest BCUT2D eigenvalue weighted by Crippen LogP contribution is -2.50. The van der Waals surface area contributed by atoms with E-state index in [1.165, 1.54) is 0 Å². The largest absolute Gasteiger partial charge is 0.444 e. The standard InChI is InChI=1S/C21H30N2O3/c1-15-9-8-14-22(15)19(24)18-13-12-17(16-10-6-5-7-11-16)23(18)20(25)26-21(2,3)4/h5-7,10-11,15,17-18H,8-9,12-14H2,1-4H3/t15-,17-,18+/m1/s1. The second-order valence-electron chi connectivity index (χ2n) is 8.43. The summed E-state index contributed by atoms with van der Waals surface area (Å²) >= 11 is 0. The van der Waals surface area contributed by atoms with Gasteiger partial charge in [-0.1, -0.05) is 30.3 Å². The van der Waals surface area contributed by atoms with E-state index >= 15 is 0 Å². The van der Waals surface area contributed by atoms with Gasteiger partial charge in [0.15, 0.2) is 0 Å². The summed E-state index contributed by atoms with van der Waals surface area (Å²) in [6.07, 6.45) is 3.14. The molecule has 2 aliphatic rings. The van der Waals surface area contributed by atoms with Crippen molar-refractivity contribution in [3.05, 3.63) is 35.9 Å². The Labute approximate surface area is 156 Å². The summed E-state index contributed by atoms with van der Waals surface area (Å²) < 4.78 is 5.66. The highest BCUT2D eigenvalue weighted by atomic mass is 16.6. The van der Waals surface area contributed by atoms with Gasteiger partial charge in [0, 0.05) is 12.6 Å². The summed E-state index contributed by atoms with van der Waals surface area (Å²) in [4.78, 5) is 29.8. The molecule has 2 heterocycles. The van der Waals surface area contributed by atoms with Crippen molar-refractivity contribution in [2.45, 2.75) is 77.1 Å². The van der Waals surface area contributed by atoms with E-state index in [1.807, 2.05) is 56.0 Å². The Morgan fingerprint density at radius 2 is 1.77 bits per heavy atom. The molecule has 0 bridgehead atoms. The number of rotatable bonds is 2. The van der Waals surface area contributed by atoms with Crippen LogP contribution in [0.3, 0.4) is 0 Å². The molecule has 26 heavy (non-hydrogen) atoms. The van der Waals surface area contributed by atoms with Crippen LogP contribution in [0.2, 0.25) is 0 Å². The third-order valence-electron chi connectivity index (χ3n) is 5.29. The Morgan fingerprint density at radius 1 is 1.08 bits per heavy atom. The van der Waals surface area contributed by atoms with E-state index in [0.29, 0.717) is 6.42 Å². The molecule has 0 spiro atoms. The highest BCUT2D eigenvalue weighted by Crippen LogP contribution is 2.38. The molecular formula is C21H30N2O3. The molecule has 2 saturated heterocycles. The molecule has 3 rings (SSSR count). The average Bonchev–Trinajstić information content (AvgIpc) is 3.19. The van der Waals surface area contributed by atoms with Crippen molar-refractivity contribution in [2.75, 3.05) is 6.54 Å². The fraction of sp³-hybridized carbons (Fsp3) is 0.619. The number of amides is 2. The molecule has 0 aromatic heterocycles. The molecule has 0 unspecified atom stereocenters. The van der Waals surface area contributed by atoms with Crippen molar-refractivity contribution in [3.8, 4) is 0 Å². The van der Waals surface area contributed by atoms with Gasteiger partial charge in [0.2, 0.25) is 5.91 Å². The third kappa shape index (κ3) is 3.87. The van der Waals surface area contributed by atoms with Crippen LogP contribution in [0.4, 0.5) is 4.79 Å². The van der Waals surface area contributed by atoms with Crippen LogP contribution in [-0.2, 0) is 9.53 Å². The molecule has 2 amide bonds. The van der Waals surface area contributed by atoms with Gasteiger partial charge in [-0.25, -0.2) is 4.79 Å². The highest BCUT2D eigenvalue weighted by Gasteiger charge is 2.45. The number of nitrogens with zero attached hydrogens (tertiary/aromatic N) is 2. The van der Waals surface area contributed by atoms with E-state index in [-0.39, 0.29) is 18.0 Å². The first-order chi connectivity index (χ1) is 12.3.